The molecule has 0 radical (unpaired) electrons. The fraction of sp³-hybridized carbons (Fsp3) is 0.318. The summed E-state index contributed by atoms with van der Waals surface area (Å²) in [6, 6.07) is 15.6. The molecule has 4 rings (SSSR count). The van der Waals surface area contributed by atoms with Gasteiger partial charge in [0.25, 0.3) is 0 Å². The third kappa shape index (κ3) is 3.55. The van der Waals surface area contributed by atoms with E-state index in [0.29, 0.717) is 19.5 Å². The van der Waals surface area contributed by atoms with E-state index in [1.54, 1.807) is 12.0 Å². The highest BCUT2D eigenvalue weighted by Gasteiger charge is 2.31. The Morgan fingerprint density at radius 2 is 2.04 bits per heavy atom. The minimum Gasteiger partial charge on any atom is -0.497 e. The van der Waals surface area contributed by atoms with E-state index in [9.17, 15) is 9.90 Å². The summed E-state index contributed by atoms with van der Waals surface area (Å²) < 4.78 is 5.16. The summed E-state index contributed by atoms with van der Waals surface area (Å²) >= 11 is 0. The number of carbonyl (C=O) groups excluding carboxylic acids is 1. The van der Waals surface area contributed by atoms with Crippen LogP contribution in [0.2, 0.25) is 0 Å². The summed E-state index contributed by atoms with van der Waals surface area (Å²) in [4.78, 5) is 17.9. The Balaban J connectivity index is 1.41. The predicted octanol–water partition coefficient (Wildman–Crippen LogP) is 2.85. The Hall–Kier alpha value is -2.99. The zero-order chi connectivity index (χ0) is 19.5. The van der Waals surface area contributed by atoms with Gasteiger partial charge >= 0.3 is 6.03 Å². The first kappa shape index (κ1) is 18.4. The summed E-state index contributed by atoms with van der Waals surface area (Å²) in [5, 5.41) is 14.0. The van der Waals surface area contributed by atoms with Gasteiger partial charge < -0.3 is 25.0 Å². The van der Waals surface area contributed by atoms with Gasteiger partial charge in [-0.25, -0.2) is 4.79 Å². The Bertz CT molecular complexity index is 965. The lowest BCUT2D eigenvalue weighted by Gasteiger charge is -2.34. The van der Waals surface area contributed by atoms with Gasteiger partial charge in [-0.05, 0) is 42.2 Å². The van der Waals surface area contributed by atoms with Crippen molar-refractivity contribution in [1.29, 1.82) is 0 Å². The second-order valence-corrected chi connectivity index (χ2v) is 7.13. The SMILES string of the molecule is COc1ccc(CCNC(=O)N2Cc3[nH]c4ccccc4c3CC2CO)cc1. The van der Waals surface area contributed by atoms with Crippen LogP contribution in [0.5, 0.6) is 5.75 Å². The van der Waals surface area contributed by atoms with Crippen molar-refractivity contribution in [3.05, 3.63) is 65.4 Å². The molecule has 6 heteroatoms. The Kier molecular flexibility index (Phi) is 5.21. The highest BCUT2D eigenvalue weighted by atomic mass is 16.5. The molecule has 0 fully saturated rings. The first-order chi connectivity index (χ1) is 13.7. The summed E-state index contributed by atoms with van der Waals surface area (Å²) in [6.45, 7) is 0.966. The van der Waals surface area contributed by atoms with Gasteiger partial charge in [0.15, 0.2) is 0 Å². The number of benzene rings is 2. The van der Waals surface area contributed by atoms with Crippen molar-refractivity contribution in [3.63, 3.8) is 0 Å². The number of urea groups is 1. The minimum atomic E-state index is -0.215. The van der Waals surface area contributed by atoms with Gasteiger partial charge in [0.1, 0.15) is 5.75 Å². The van der Waals surface area contributed by atoms with E-state index in [-0.39, 0.29) is 18.7 Å². The first-order valence-corrected chi connectivity index (χ1v) is 9.56. The number of hydrogen-bond acceptors (Lipinski definition) is 3. The lowest BCUT2D eigenvalue weighted by Crippen LogP contribution is -2.50. The van der Waals surface area contributed by atoms with Gasteiger partial charge in [-0.2, -0.15) is 0 Å². The molecule has 3 N–H and O–H groups in total. The Morgan fingerprint density at radius 3 is 2.79 bits per heavy atom. The maximum atomic E-state index is 12.8. The second-order valence-electron chi connectivity index (χ2n) is 7.13. The number of aromatic amines is 1. The molecular weight excluding hydrogens is 354 g/mol. The van der Waals surface area contributed by atoms with Crippen molar-refractivity contribution < 1.29 is 14.6 Å². The highest BCUT2D eigenvalue weighted by molar-refractivity contribution is 5.85. The molecule has 2 amide bonds. The van der Waals surface area contributed by atoms with Crippen molar-refractivity contribution in [3.8, 4) is 5.75 Å². The maximum Gasteiger partial charge on any atom is 0.318 e. The summed E-state index contributed by atoms with van der Waals surface area (Å²) in [5.41, 5.74) is 4.47. The number of amides is 2. The number of aliphatic hydroxyl groups excluding tert-OH is 1. The fourth-order valence-electron chi connectivity index (χ4n) is 3.88. The number of nitrogens with one attached hydrogen (secondary N) is 2. The van der Waals surface area contributed by atoms with E-state index in [4.69, 9.17) is 4.74 Å². The quantitative estimate of drug-likeness (QED) is 0.638. The number of H-pyrrole nitrogens is 1. The van der Waals surface area contributed by atoms with Crippen LogP contribution >= 0.6 is 0 Å². The van der Waals surface area contributed by atoms with Crippen LogP contribution in [0, 0.1) is 0 Å². The number of carbonyl (C=O) groups is 1. The molecule has 6 nitrogen and oxygen atoms in total. The molecule has 1 aromatic heterocycles. The van der Waals surface area contributed by atoms with Gasteiger partial charge in [-0.15, -0.1) is 0 Å². The topological polar surface area (TPSA) is 77.6 Å². The maximum absolute atomic E-state index is 12.8. The molecule has 3 aromatic rings. The van der Waals surface area contributed by atoms with Crippen LogP contribution in [-0.2, 0) is 19.4 Å². The van der Waals surface area contributed by atoms with Gasteiger partial charge in [0, 0.05) is 23.1 Å². The number of aliphatic hydroxyl groups is 1. The van der Waals surface area contributed by atoms with E-state index < -0.39 is 0 Å². The summed E-state index contributed by atoms with van der Waals surface area (Å²) in [5.74, 6) is 0.820. The number of nitrogens with zero attached hydrogens (tertiary/aromatic N) is 1. The zero-order valence-electron chi connectivity index (χ0n) is 15.9. The van der Waals surface area contributed by atoms with Crippen molar-refractivity contribution in [2.75, 3.05) is 20.3 Å². The molecule has 1 atom stereocenters. The molecule has 2 aromatic carbocycles. The van der Waals surface area contributed by atoms with E-state index >= 15 is 0 Å². The number of ether oxygens (including phenoxy) is 1. The van der Waals surface area contributed by atoms with Crippen LogP contribution in [0.1, 0.15) is 16.8 Å². The molecule has 0 saturated carbocycles. The third-order valence-corrected chi connectivity index (χ3v) is 5.43. The molecule has 1 aliphatic heterocycles. The van der Waals surface area contributed by atoms with E-state index in [2.05, 4.69) is 16.4 Å². The lowest BCUT2D eigenvalue weighted by atomic mass is 9.97. The minimum absolute atomic E-state index is 0.0507. The van der Waals surface area contributed by atoms with Crippen LogP contribution in [0.25, 0.3) is 10.9 Å². The van der Waals surface area contributed by atoms with Crippen molar-refractivity contribution in [2.45, 2.75) is 25.4 Å². The molecule has 2 heterocycles. The van der Waals surface area contributed by atoms with E-state index in [1.807, 2.05) is 42.5 Å². The number of fused-ring (bicyclic) bond motifs is 3. The smallest absolute Gasteiger partial charge is 0.318 e. The number of methoxy groups -OCH3 is 1. The molecule has 146 valence electrons. The van der Waals surface area contributed by atoms with Gasteiger partial charge in [0.05, 0.1) is 26.3 Å². The second kappa shape index (κ2) is 7.94. The Labute approximate surface area is 164 Å². The molecule has 0 bridgehead atoms. The van der Waals surface area contributed by atoms with Gasteiger partial charge in [0.2, 0.25) is 0 Å². The number of para-hydroxylation sites is 1. The monoisotopic (exact) mass is 379 g/mol. The number of rotatable bonds is 5. The molecule has 1 aliphatic rings. The molecular formula is C22H25N3O3. The first-order valence-electron chi connectivity index (χ1n) is 9.56. The normalized spacial score (nSPS) is 16.1. The fourth-order valence-corrected chi connectivity index (χ4v) is 3.88. The van der Waals surface area contributed by atoms with Gasteiger partial charge in [-0.3, -0.25) is 0 Å². The molecule has 0 spiro atoms. The molecule has 28 heavy (non-hydrogen) atoms. The van der Waals surface area contributed by atoms with Crippen LogP contribution < -0.4 is 10.1 Å². The van der Waals surface area contributed by atoms with Crippen LogP contribution in [0.15, 0.2) is 48.5 Å². The average molecular weight is 379 g/mol. The van der Waals surface area contributed by atoms with Crippen LogP contribution in [0.3, 0.4) is 0 Å². The summed E-state index contributed by atoms with van der Waals surface area (Å²) in [7, 11) is 1.64. The van der Waals surface area contributed by atoms with E-state index in [1.165, 1.54) is 10.9 Å². The largest absolute Gasteiger partial charge is 0.497 e. The molecule has 0 aliphatic carbocycles. The molecule has 1 unspecified atom stereocenters. The van der Waals surface area contributed by atoms with Crippen molar-refractivity contribution in [1.82, 2.24) is 15.2 Å². The highest BCUT2D eigenvalue weighted by Crippen LogP contribution is 2.30. The van der Waals surface area contributed by atoms with E-state index in [0.717, 1.165) is 28.9 Å². The van der Waals surface area contributed by atoms with Crippen molar-refractivity contribution in [2.24, 2.45) is 0 Å². The Morgan fingerprint density at radius 1 is 1.25 bits per heavy atom. The lowest BCUT2D eigenvalue weighted by molar-refractivity contribution is 0.120. The zero-order valence-corrected chi connectivity index (χ0v) is 15.9. The predicted molar refractivity (Wildman–Crippen MR) is 109 cm³/mol. The van der Waals surface area contributed by atoms with Crippen LogP contribution in [-0.4, -0.2) is 47.3 Å². The third-order valence-electron chi connectivity index (χ3n) is 5.43. The van der Waals surface area contributed by atoms with Crippen molar-refractivity contribution >= 4 is 16.9 Å². The van der Waals surface area contributed by atoms with Crippen LogP contribution in [0.4, 0.5) is 4.79 Å². The van der Waals surface area contributed by atoms with Gasteiger partial charge in [-0.1, -0.05) is 30.3 Å². The average Bonchev–Trinajstić information content (AvgIpc) is 3.10. The molecule has 0 saturated heterocycles. The standard InChI is InChI=1S/C22H25N3O3/c1-28-17-8-6-15(7-9-17)10-11-23-22(27)25-13-21-19(12-16(25)14-26)18-4-2-3-5-20(18)24-21/h2-9,16,24,26H,10-14H2,1H3,(H,23,27). The number of hydrogen-bond donors (Lipinski definition) is 3. The number of aromatic nitrogens is 1. The summed E-state index contributed by atoms with van der Waals surface area (Å²) in [6.07, 6.45) is 1.40.